The minimum absolute atomic E-state index is 0.0673. The van der Waals surface area contributed by atoms with Crippen molar-refractivity contribution in [3.63, 3.8) is 0 Å². The van der Waals surface area contributed by atoms with Crippen molar-refractivity contribution >= 4 is 35.4 Å². The Morgan fingerprint density at radius 1 is 1.18 bits per heavy atom. The van der Waals surface area contributed by atoms with Gasteiger partial charge in [0.15, 0.2) is 5.37 Å². The Bertz CT molecular complexity index is 1050. The topological polar surface area (TPSA) is 128 Å². The number of hydrogen-bond donors (Lipinski definition) is 1. The lowest BCUT2D eigenvalue weighted by atomic mass is 10.1. The zero-order chi connectivity index (χ0) is 24.9. The zero-order valence-corrected chi connectivity index (χ0v) is 19.7. The van der Waals surface area contributed by atoms with Crippen LogP contribution in [0.5, 0.6) is 0 Å². The van der Waals surface area contributed by atoms with Crippen LogP contribution in [0.4, 0.5) is 10.5 Å². The number of β-lactam (4-membered cyclic amide) rings is 1. The molecule has 2 aromatic rings. The number of rotatable bonds is 8. The number of carbonyl (C=O) groups is 3. The molecule has 0 spiro atoms. The smallest absolute Gasteiger partial charge is 0.408 e. The first-order chi connectivity index (χ1) is 16.0. The van der Waals surface area contributed by atoms with Crippen LogP contribution < -0.4 is 5.32 Å². The van der Waals surface area contributed by atoms with Gasteiger partial charge < -0.3 is 19.7 Å². The van der Waals surface area contributed by atoms with Crippen LogP contribution in [-0.2, 0) is 25.7 Å². The monoisotopic (exact) mass is 487 g/mol. The maximum atomic E-state index is 12.9. The summed E-state index contributed by atoms with van der Waals surface area (Å²) in [6.45, 7) is 5.17. The van der Waals surface area contributed by atoms with Gasteiger partial charge in [0.05, 0.1) is 11.5 Å². The predicted molar refractivity (Wildman–Crippen MR) is 124 cm³/mol. The molecule has 2 aromatic carbocycles. The number of nitrogens with one attached hydrogen (secondary N) is 1. The molecule has 3 rings (SSSR count). The maximum absolute atomic E-state index is 12.9. The molecule has 180 valence electrons. The van der Waals surface area contributed by atoms with Crippen molar-refractivity contribution in [1.82, 2.24) is 10.2 Å². The van der Waals surface area contributed by atoms with Gasteiger partial charge >= 0.3 is 12.1 Å². The molecule has 0 saturated carbocycles. The lowest BCUT2D eigenvalue weighted by Gasteiger charge is -2.42. The Labute approximate surface area is 200 Å². The van der Waals surface area contributed by atoms with Crippen molar-refractivity contribution < 1.29 is 28.8 Å². The second-order valence-electron chi connectivity index (χ2n) is 8.50. The third-order valence-electron chi connectivity index (χ3n) is 4.66. The number of non-ortho nitro benzene ring substituents is 1. The van der Waals surface area contributed by atoms with E-state index in [4.69, 9.17) is 9.47 Å². The van der Waals surface area contributed by atoms with E-state index >= 15 is 0 Å². The van der Waals surface area contributed by atoms with E-state index < -0.39 is 39.9 Å². The van der Waals surface area contributed by atoms with Crippen LogP contribution in [0.15, 0.2) is 59.5 Å². The highest BCUT2D eigenvalue weighted by molar-refractivity contribution is 8.00. The van der Waals surface area contributed by atoms with Gasteiger partial charge in [-0.05, 0) is 50.6 Å². The molecule has 0 radical (unpaired) electrons. The number of esters is 1. The number of carbonyl (C=O) groups excluding carboxylic acids is 3. The number of amides is 2. The van der Waals surface area contributed by atoms with Gasteiger partial charge in [-0.3, -0.25) is 14.9 Å². The molecule has 34 heavy (non-hydrogen) atoms. The Hall–Kier alpha value is -3.60. The first-order valence-electron chi connectivity index (χ1n) is 10.4. The molecule has 1 unspecified atom stereocenters. The fraction of sp³-hybridized carbons (Fsp3) is 0.348. The first kappa shape index (κ1) is 25.0. The standard InChI is InChI=1S/C23H25N3O7S/c1-23(2,3)33-22(29)24-18-13-25(19(18)27)20(34-17-7-5-4-6-8-17)21(28)32-14-15-9-11-16(12-10-15)26(30)31/h4-12,18,20H,13-14H2,1-3H3,(H,24,29)/t18-,20?/m1/s1. The summed E-state index contributed by atoms with van der Waals surface area (Å²) >= 11 is 1.15. The molecule has 10 nitrogen and oxygen atoms in total. The molecule has 0 aromatic heterocycles. The second kappa shape index (κ2) is 10.6. The third kappa shape index (κ3) is 6.70. The second-order valence-corrected chi connectivity index (χ2v) is 9.66. The molecular weight excluding hydrogens is 462 g/mol. The van der Waals surface area contributed by atoms with E-state index in [2.05, 4.69) is 5.32 Å². The number of nitro benzene ring substituents is 1. The van der Waals surface area contributed by atoms with Crippen LogP contribution >= 0.6 is 11.8 Å². The molecule has 1 saturated heterocycles. The SMILES string of the molecule is CC(C)(C)OC(=O)N[C@@H]1CN(C(Sc2ccccc2)C(=O)OCc2ccc([N+](=O)[O-])cc2)C1=O. The highest BCUT2D eigenvalue weighted by Gasteiger charge is 2.46. The van der Waals surface area contributed by atoms with E-state index in [1.807, 2.05) is 30.3 Å². The van der Waals surface area contributed by atoms with Gasteiger partial charge in [-0.2, -0.15) is 0 Å². The summed E-state index contributed by atoms with van der Waals surface area (Å²) < 4.78 is 10.6. The number of nitro groups is 1. The first-order valence-corrected chi connectivity index (χ1v) is 11.3. The number of nitrogens with zero attached hydrogens (tertiary/aromatic N) is 2. The van der Waals surface area contributed by atoms with Crippen molar-refractivity contribution in [1.29, 1.82) is 0 Å². The van der Waals surface area contributed by atoms with Gasteiger partial charge in [-0.1, -0.05) is 30.0 Å². The summed E-state index contributed by atoms with van der Waals surface area (Å²) in [5, 5.41) is 12.3. The minimum Gasteiger partial charge on any atom is -0.459 e. The Kier molecular flexibility index (Phi) is 7.77. The van der Waals surface area contributed by atoms with Crippen molar-refractivity contribution in [2.75, 3.05) is 6.54 Å². The predicted octanol–water partition coefficient (Wildman–Crippen LogP) is 3.49. The largest absolute Gasteiger partial charge is 0.459 e. The number of likely N-dealkylation sites (tertiary alicyclic amines) is 1. The molecule has 1 heterocycles. The lowest BCUT2D eigenvalue weighted by molar-refractivity contribution is -0.384. The van der Waals surface area contributed by atoms with Crippen LogP contribution in [-0.4, -0.2) is 51.4 Å². The number of thioether (sulfide) groups is 1. The van der Waals surface area contributed by atoms with E-state index in [-0.39, 0.29) is 18.8 Å². The molecule has 11 heteroatoms. The number of alkyl carbamates (subject to hydrolysis) is 1. The van der Waals surface area contributed by atoms with E-state index in [1.54, 1.807) is 20.8 Å². The van der Waals surface area contributed by atoms with Crippen LogP contribution in [0.3, 0.4) is 0 Å². The molecule has 1 aliphatic heterocycles. The summed E-state index contributed by atoms with van der Waals surface area (Å²) in [4.78, 5) is 50.0. The van der Waals surface area contributed by atoms with E-state index in [0.717, 1.165) is 16.7 Å². The third-order valence-corrected chi connectivity index (χ3v) is 5.87. The van der Waals surface area contributed by atoms with Gasteiger partial charge in [-0.15, -0.1) is 0 Å². The normalized spacial score (nSPS) is 16.3. The number of hydrogen-bond acceptors (Lipinski definition) is 8. The van der Waals surface area contributed by atoms with Gasteiger partial charge in [0.2, 0.25) is 5.91 Å². The van der Waals surface area contributed by atoms with E-state index in [0.29, 0.717) is 5.56 Å². The molecule has 0 bridgehead atoms. The summed E-state index contributed by atoms with van der Waals surface area (Å²) in [7, 11) is 0. The molecule has 1 N–H and O–H groups in total. The van der Waals surface area contributed by atoms with E-state index in [1.165, 1.54) is 29.2 Å². The number of benzene rings is 2. The van der Waals surface area contributed by atoms with Crippen molar-refractivity contribution in [2.24, 2.45) is 0 Å². The molecule has 1 aliphatic rings. The van der Waals surface area contributed by atoms with Gasteiger partial charge in [0.1, 0.15) is 18.2 Å². The Balaban J connectivity index is 1.65. The highest BCUT2D eigenvalue weighted by Crippen LogP contribution is 2.31. The van der Waals surface area contributed by atoms with Crippen LogP contribution in [0.1, 0.15) is 26.3 Å². The fourth-order valence-corrected chi connectivity index (χ4v) is 4.08. The fourth-order valence-electron chi connectivity index (χ4n) is 3.03. The summed E-state index contributed by atoms with van der Waals surface area (Å²) in [6, 6.07) is 13.9. The molecule has 2 atom stereocenters. The van der Waals surface area contributed by atoms with Crippen molar-refractivity contribution in [3.05, 3.63) is 70.3 Å². The molecule has 1 fully saturated rings. The van der Waals surface area contributed by atoms with Gasteiger partial charge in [-0.25, -0.2) is 9.59 Å². The van der Waals surface area contributed by atoms with E-state index in [9.17, 15) is 24.5 Å². The average Bonchev–Trinajstić information content (AvgIpc) is 2.78. The summed E-state index contributed by atoms with van der Waals surface area (Å²) in [5.41, 5.74) is -0.201. The van der Waals surface area contributed by atoms with Crippen LogP contribution in [0, 0.1) is 10.1 Å². The minimum atomic E-state index is -0.968. The Morgan fingerprint density at radius 3 is 2.38 bits per heavy atom. The van der Waals surface area contributed by atoms with Crippen molar-refractivity contribution in [2.45, 2.75) is 49.3 Å². The highest BCUT2D eigenvalue weighted by atomic mass is 32.2. The van der Waals surface area contributed by atoms with Crippen molar-refractivity contribution in [3.8, 4) is 0 Å². The molecule has 0 aliphatic carbocycles. The average molecular weight is 488 g/mol. The van der Waals surface area contributed by atoms with Crippen LogP contribution in [0.2, 0.25) is 0 Å². The molecule has 2 amide bonds. The van der Waals surface area contributed by atoms with Gasteiger partial charge in [0.25, 0.3) is 5.69 Å². The summed E-state index contributed by atoms with van der Waals surface area (Å²) in [6.07, 6.45) is -0.710. The maximum Gasteiger partial charge on any atom is 0.408 e. The van der Waals surface area contributed by atoms with Crippen LogP contribution in [0.25, 0.3) is 0 Å². The number of ether oxygens (including phenoxy) is 2. The van der Waals surface area contributed by atoms with Gasteiger partial charge in [0, 0.05) is 17.0 Å². The molecular formula is C23H25N3O7S. The Morgan fingerprint density at radius 2 is 1.82 bits per heavy atom. The quantitative estimate of drug-likeness (QED) is 0.197. The summed E-state index contributed by atoms with van der Waals surface area (Å²) in [5.74, 6) is -1.07. The zero-order valence-electron chi connectivity index (χ0n) is 18.9. The lowest BCUT2D eigenvalue weighted by Crippen LogP contribution is -2.67.